The lowest BCUT2D eigenvalue weighted by Gasteiger charge is -2.08. The number of hydrogen-bond donors (Lipinski definition) is 2. The fraction of sp³-hybridized carbons (Fsp3) is 0.267. The summed E-state index contributed by atoms with van der Waals surface area (Å²) >= 11 is 1.56. The Hall–Kier alpha value is -2.59. The summed E-state index contributed by atoms with van der Waals surface area (Å²) in [6.45, 7) is 2.77. The van der Waals surface area contributed by atoms with Crippen LogP contribution < -0.4 is 15.4 Å². The van der Waals surface area contributed by atoms with Gasteiger partial charge in [-0.1, -0.05) is 12.1 Å². The van der Waals surface area contributed by atoms with Gasteiger partial charge < -0.3 is 15.4 Å². The van der Waals surface area contributed by atoms with Crippen LogP contribution in [0, 0.1) is 18.3 Å². The van der Waals surface area contributed by atoms with Crippen LogP contribution in [0.1, 0.15) is 15.4 Å². The fourth-order valence-corrected chi connectivity index (χ4v) is 2.47. The molecule has 0 spiro atoms. The minimum atomic E-state index is -0.254. The van der Waals surface area contributed by atoms with E-state index in [0.29, 0.717) is 18.8 Å². The number of aromatic nitrogens is 1. The third-order valence-electron chi connectivity index (χ3n) is 2.72. The summed E-state index contributed by atoms with van der Waals surface area (Å²) in [4.78, 5) is 17.0. The molecule has 22 heavy (non-hydrogen) atoms. The molecule has 114 valence electrons. The summed E-state index contributed by atoms with van der Waals surface area (Å²) < 4.78 is 5.21. The number of rotatable bonds is 6. The molecule has 0 radical (unpaired) electrons. The van der Waals surface area contributed by atoms with Crippen LogP contribution in [0.15, 0.2) is 30.5 Å². The van der Waals surface area contributed by atoms with E-state index in [1.165, 1.54) is 0 Å². The smallest absolute Gasteiger partial charge is 0.315 e. The first kappa shape index (κ1) is 15.8. The van der Waals surface area contributed by atoms with Crippen LogP contribution in [0.3, 0.4) is 0 Å². The van der Waals surface area contributed by atoms with Crippen LogP contribution in [0.5, 0.6) is 5.75 Å². The van der Waals surface area contributed by atoms with E-state index >= 15 is 0 Å². The van der Waals surface area contributed by atoms with E-state index < -0.39 is 0 Å². The van der Waals surface area contributed by atoms with Crippen LogP contribution >= 0.6 is 11.3 Å². The molecule has 7 heteroatoms. The van der Waals surface area contributed by atoms with Gasteiger partial charge in [-0.15, -0.1) is 11.3 Å². The minimum absolute atomic E-state index is 0.00456. The summed E-state index contributed by atoms with van der Waals surface area (Å²) in [5.41, 5.74) is 0.899. The molecule has 2 aromatic rings. The SMILES string of the molecule is Cc1cnc(CNC(=O)NCc2cccc(OCC#N)c2)s1. The van der Waals surface area contributed by atoms with Crippen molar-refractivity contribution >= 4 is 17.4 Å². The van der Waals surface area contributed by atoms with Crippen molar-refractivity contribution < 1.29 is 9.53 Å². The molecule has 1 aromatic carbocycles. The number of urea groups is 1. The summed E-state index contributed by atoms with van der Waals surface area (Å²) in [6.07, 6.45) is 1.78. The number of aryl methyl sites for hydroxylation is 1. The molecule has 2 amide bonds. The first-order chi connectivity index (χ1) is 10.7. The van der Waals surface area contributed by atoms with Crippen molar-refractivity contribution in [1.82, 2.24) is 15.6 Å². The molecule has 0 aliphatic carbocycles. The number of ether oxygens (including phenoxy) is 1. The predicted molar refractivity (Wildman–Crippen MR) is 83.5 cm³/mol. The minimum Gasteiger partial charge on any atom is -0.479 e. The Kier molecular flexibility index (Phi) is 5.74. The second-order valence-electron chi connectivity index (χ2n) is 4.50. The highest BCUT2D eigenvalue weighted by molar-refractivity contribution is 7.11. The Labute approximate surface area is 132 Å². The van der Waals surface area contributed by atoms with Crippen molar-refractivity contribution in [3.63, 3.8) is 0 Å². The molecule has 6 nitrogen and oxygen atoms in total. The molecule has 0 aliphatic heterocycles. The Morgan fingerprint density at radius 2 is 2.23 bits per heavy atom. The second-order valence-corrected chi connectivity index (χ2v) is 5.81. The van der Waals surface area contributed by atoms with E-state index in [2.05, 4.69) is 15.6 Å². The number of nitrogens with one attached hydrogen (secondary N) is 2. The van der Waals surface area contributed by atoms with E-state index in [0.717, 1.165) is 15.4 Å². The molecular formula is C15H16N4O2S. The van der Waals surface area contributed by atoms with Gasteiger partial charge in [0.05, 0.1) is 6.54 Å². The molecule has 0 aliphatic rings. The molecule has 0 unspecified atom stereocenters. The molecule has 0 fully saturated rings. The zero-order valence-corrected chi connectivity index (χ0v) is 12.9. The zero-order chi connectivity index (χ0) is 15.8. The van der Waals surface area contributed by atoms with Gasteiger partial charge in [-0.3, -0.25) is 0 Å². The van der Waals surface area contributed by atoms with E-state index in [1.807, 2.05) is 25.1 Å². The lowest BCUT2D eigenvalue weighted by molar-refractivity contribution is 0.240. The summed E-state index contributed by atoms with van der Waals surface area (Å²) in [5.74, 6) is 0.611. The van der Waals surface area contributed by atoms with Crippen molar-refractivity contribution in [3.8, 4) is 11.8 Å². The Morgan fingerprint density at radius 3 is 2.95 bits per heavy atom. The van der Waals surface area contributed by atoms with Gasteiger partial charge >= 0.3 is 6.03 Å². The average Bonchev–Trinajstić information content (AvgIpc) is 2.95. The summed E-state index contributed by atoms with van der Waals surface area (Å²) in [7, 11) is 0. The van der Waals surface area contributed by atoms with Gasteiger partial charge in [-0.2, -0.15) is 5.26 Å². The highest BCUT2D eigenvalue weighted by atomic mass is 32.1. The van der Waals surface area contributed by atoms with Gasteiger partial charge in [0.15, 0.2) is 6.61 Å². The third-order valence-corrected chi connectivity index (χ3v) is 3.64. The zero-order valence-electron chi connectivity index (χ0n) is 12.1. The van der Waals surface area contributed by atoms with Gasteiger partial charge in [-0.05, 0) is 24.6 Å². The fourth-order valence-electron chi connectivity index (χ4n) is 1.74. The van der Waals surface area contributed by atoms with Gasteiger partial charge in [-0.25, -0.2) is 9.78 Å². The van der Waals surface area contributed by atoms with E-state index in [1.54, 1.807) is 29.7 Å². The van der Waals surface area contributed by atoms with E-state index in [4.69, 9.17) is 10.00 Å². The lowest BCUT2D eigenvalue weighted by Crippen LogP contribution is -2.34. The molecule has 1 heterocycles. The quantitative estimate of drug-likeness (QED) is 0.856. The van der Waals surface area contributed by atoms with Crippen molar-refractivity contribution in [1.29, 1.82) is 5.26 Å². The third kappa shape index (κ3) is 5.07. The monoisotopic (exact) mass is 316 g/mol. The highest BCUT2D eigenvalue weighted by Gasteiger charge is 2.04. The number of carbonyl (C=O) groups excluding carboxylic acids is 1. The largest absolute Gasteiger partial charge is 0.479 e. The molecular weight excluding hydrogens is 300 g/mol. The molecule has 0 saturated heterocycles. The number of benzene rings is 1. The summed E-state index contributed by atoms with van der Waals surface area (Å²) in [6, 6.07) is 8.92. The first-order valence-electron chi connectivity index (χ1n) is 6.69. The number of hydrogen-bond acceptors (Lipinski definition) is 5. The number of thiazole rings is 1. The van der Waals surface area contributed by atoms with Gasteiger partial charge in [0.1, 0.15) is 16.8 Å². The standard InChI is InChI=1S/C15H16N4O2S/c1-11-8-17-14(22-11)10-19-15(20)18-9-12-3-2-4-13(7-12)21-6-5-16/h2-4,7-8H,6,9-10H2,1H3,(H2,18,19,20). The maximum atomic E-state index is 11.7. The van der Waals surface area contributed by atoms with Crippen molar-refractivity contribution in [2.24, 2.45) is 0 Å². The van der Waals surface area contributed by atoms with Crippen LogP contribution in [-0.2, 0) is 13.1 Å². The first-order valence-corrected chi connectivity index (χ1v) is 7.50. The maximum absolute atomic E-state index is 11.7. The Morgan fingerprint density at radius 1 is 1.41 bits per heavy atom. The lowest BCUT2D eigenvalue weighted by atomic mass is 10.2. The Balaban J connectivity index is 1.77. The van der Waals surface area contributed by atoms with Gasteiger partial charge in [0, 0.05) is 17.6 Å². The van der Waals surface area contributed by atoms with Crippen LogP contribution in [0.4, 0.5) is 4.79 Å². The number of amides is 2. The van der Waals surface area contributed by atoms with Crippen molar-refractivity contribution in [2.45, 2.75) is 20.0 Å². The number of nitriles is 1. The highest BCUT2D eigenvalue weighted by Crippen LogP contribution is 2.13. The topological polar surface area (TPSA) is 87.0 Å². The van der Waals surface area contributed by atoms with Crippen LogP contribution in [0.25, 0.3) is 0 Å². The van der Waals surface area contributed by atoms with Gasteiger partial charge in [0.2, 0.25) is 0 Å². The summed E-state index contributed by atoms with van der Waals surface area (Å²) in [5, 5.41) is 14.9. The molecule has 0 bridgehead atoms. The van der Waals surface area contributed by atoms with Crippen molar-refractivity contribution in [3.05, 3.63) is 45.9 Å². The predicted octanol–water partition coefficient (Wildman–Crippen LogP) is 2.35. The van der Waals surface area contributed by atoms with Crippen molar-refractivity contribution in [2.75, 3.05) is 6.61 Å². The van der Waals surface area contributed by atoms with E-state index in [9.17, 15) is 4.79 Å². The number of nitrogens with zero attached hydrogens (tertiary/aromatic N) is 2. The van der Waals surface area contributed by atoms with E-state index in [-0.39, 0.29) is 12.6 Å². The molecule has 0 atom stereocenters. The van der Waals surface area contributed by atoms with Crippen LogP contribution in [-0.4, -0.2) is 17.6 Å². The molecule has 2 rings (SSSR count). The number of carbonyl (C=O) groups is 1. The molecule has 0 saturated carbocycles. The normalized spacial score (nSPS) is 9.82. The van der Waals surface area contributed by atoms with Gasteiger partial charge in [0.25, 0.3) is 0 Å². The second kappa shape index (κ2) is 8.00. The molecule has 2 N–H and O–H groups in total. The Bertz CT molecular complexity index is 678. The molecule has 1 aromatic heterocycles. The average molecular weight is 316 g/mol. The van der Waals surface area contributed by atoms with Crippen LogP contribution in [0.2, 0.25) is 0 Å². The maximum Gasteiger partial charge on any atom is 0.315 e.